The number of benzene rings is 1. The van der Waals surface area contributed by atoms with Gasteiger partial charge in [0.05, 0.1) is 12.3 Å². The van der Waals surface area contributed by atoms with Gasteiger partial charge in [-0.1, -0.05) is 6.07 Å². The molecule has 0 aromatic heterocycles. The molecule has 0 spiro atoms. The van der Waals surface area contributed by atoms with Crippen molar-refractivity contribution >= 4 is 11.7 Å². The molecule has 0 fully saturated rings. The maximum Gasteiger partial charge on any atom is 0.362 e. The zero-order valence-electron chi connectivity index (χ0n) is 9.13. The van der Waals surface area contributed by atoms with E-state index in [0.717, 1.165) is 6.07 Å². The summed E-state index contributed by atoms with van der Waals surface area (Å²) < 4.78 is 17.4. The highest BCUT2D eigenvalue weighted by molar-refractivity contribution is 5.87. The van der Waals surface area contributed by atoms with Crippen molar-refractivity contribution in [2.45, 2.75) is 6.92 Å². The molecular formula is C11H11FN2O3. The second kappa shape index (κ2) is 6.37. The van der Waals surface area contributed by atoms with Gasteiger partial charge in [0.2, 0.25) is 5.70 Å². The van der Waals surface area contributed by atoms with Crippen LogP contribution in [0.5, 0.6) is 0 Å². The fraction of sp³-hybridized carbons (Fsp3) is 0.182. The first-order valence-corrected chi connectivity index (χ1v) is 4.86. The fourth-order valence-electron chi connectivity index (χ4n) is 0.974. The number of halogens is 1. The Morgan fingerprint density at radius 1 is 1.59 bits per heavy atom. The Balaban J connectivity index is 2.79. The van der Waals surface area contributed by atoms with E-state index in [1.807, 2.05) is 0 Å². The summed E-state index contributed by atoms with van der Waals surface area (Å²) in [6.07, 6.45) is 0.487. The van der Waals surface area contributed by atoms with E-state index in [4.69, 9.17) is 5.11 Å². The normalized spacial score (nSPS) is 11.8. The molecule has 17 heavy (non-hydrogen) atoms. The maximum atomic E-state index is 12.8. The molecule has 90 valence electrons. The molecular weight excluding hydrogens is 227 g/mol. The number of esters is 1. The Morgan fingerprint density at radius 3 is 2.94 bits per heavy atom. The summed E-state index contributed by atoms with van der Waals surface area (Å²) >= 11 is 0. The largest absolute Gasteiger partial charge is 0.513 e. The molecule has 0 saturated carbocycles. The van der Waals surface area contributed by atoms with Crippen LogP contribution in [0.3, 0.4) is 0 Å². The lowest BCUT2D eigenvalue weighted by atomic mass is 10.3. The molecule has 0 heterocycles. The van der Waals surface area contributed by atoms with Crippen molar-refractivity contribution in [1.29, 1.82) is 0 Å². The lowest BCUT2D eigenvalue weighted by Crippen LogP contribution is -2.05. The van der Waals surface area contributed by atoms with E-state index < -0.39 is 11.8 Å². The third-order valence-electron chi connectivity index (χ3n) is 1.69. The van der Waals surface area contributed by atoms with Gasteiger partial charge in [-0.25, -0.2) is 9.18 Å². The average Bonchev–Trinajstić information content (AvgIpc) is 2.30. The van der Waals surface area contributed by atoms with Crippen molar-refractivity contribution in [2.24, 2.45) is 10.2 Å². The summed E-state index contributed by atoms with van der Waals surface area (Å²) in [5.74, 6) is -1.26. The van der Waals surface area contributed by atoms with Crippen LogP contribution < -0.4 is 0 Å². The van der Waals surface area contributed by atoms with E-state index >= 15 is 0 Å². The molecule has 0 aliphatic carbocycles. The van der Waals surface area contributed by atoms with Crippen LogP contribution in [0, 0.1) is 5.82 Å². The third kappa shape index (κ3) is 4.02. The minimum Gasteiger partial charge on any atom is -0.513 e. The van der Waals surface area contributed by atoms with E-state index in [9.17, 15) is 9.18 Å². The topological polar surface area (TPSA) is 71.2 Å². The highest BCUT2D eigenvalue weighted by Crippen LogP contribution is 2.15. The van der Waals surface area contributed by atoms with Crippen molar-refractivity contribution in [3.63, 3.8) is 0 Å². The van der Waals surface area contributed by atoms with Crippen LogP contribution in [0.25, 0.3) is 0 Å². The monoisotopic (exact) mass is 238 g/mol. The van der Waals surface area contributed by atoms with Crippen LogP contribution in [0.15, 0.2) is 46.5 Å². The summed E-state index contributed by atoms with van der Waals surface area (Å²) in [6, 6.07) is 5.36. The van der Waals surface area contributed by atoms with Gasteiger partial charge in [0.25, 0.3) is 0 Å². The standard InChI is InChI=1S/C11H11FN2O3/c1-2-17-11(16)10(7-15)14-13-9-5-3-4-8(12)6-9/h3-7,15H,2H2,1H3/b10-7-,14-13?. The quantitative estimate of drug-likeness (QED) is 0.379. The smallest absolute Gasteiger partial charge is 0.362 e. The summed E-state index contributed by atoms with van der Waals surface area (Å²) in [7, 11) is 0. The molecule has 0 saturated heterocycles. The van der Waals surface area contributed by atoms with Crippen LogP contribution in [-0.4, -0.2) is 17.7 Å². The summed E-state index contributed by atoms with van der Waals surface area (Å²) in [5, 5.41) is 15.8. The highest BCUT2D eigenvalue weighted by Gasteiger charge is 2.09. The van der Waals surface area contributed by atoms with E-state index in [1.54, 1.807) is 6.92 Å². The van der Waals surface area contributed by atoms with E-state index in [2.05, 4.69) is 15.0 Å². The number of azo groups is 1. The summed E-state index contributed by atoms with van der Waals surface area (Å²) in [5.41, 5.74) is -0.121. The Bertz CT molecular complexity index is 458. The minimum absolute atomic E-state index is 0.158. The van der Waals surface area contributed by atoms with Gasteiger partial charge in [-0.3, -0.25) is 0 Å². The molecule has 1 N–H and O–H groups in total. The molecule has 1 aromatic rings. The molecule has 0 unspecified atom stereocenters. The van der Waals surface area contributed by atoms with Gasteiger partial charge >= 0.3 is 5.97 Å². The number of rotatable bonds is 4. The van der Waals surface area contributed by atoms with Gasteiger partial charge in [0, 0.05) is 6.07 Å². The molecule has 0 aliphatic rings. The molecule has 0 bridgehead atoms. The Labute approximate surface area is 97.2 Å². The van der Waals surface area contributed by atoms with Crippen LogP contribution >= 0.6 is 0 Å². The Kier molecular flexibility index (Phi) is 4.80. The zero-order valence-corrected chi connectivity index (χ0v) is 9.13. The lowest BCUT2D eigenvalue weighted by Gasteiger charge is -1.99. The van der Waals surface area contributed by atoms with Crippen molar-refractivity contribution in [2.75, 3.05) is 6.61 Å². The molecule has 1 rings (SSSR count). The number of aliphatic hydroxyl groups is 1. The summed E-state index contributed by atoms with van der Waals surface area (Å²) in [6.45, 7) is 1.78. The number of ether oxygens (including phenoxy) is 1. The molecule has 0 aliphatic heterocycles. The second-order valence-electron chi connectivity index (χ2n) is 2.91. The van der Waals surface area contributed by atoms with Gasteiger partial charge in [-0.15, -0.1) is 5.11 Å². The van der Waals surface area contributed by atoms with Gasteiger partial charge < -0.3 is 9.84 Å². The van der Waals surface area contributed by atoms with E-state index in [1.165, 1.54) is 18.2 Å². The molecule has 0 radical (unpaired) electrons. The van der Waals surface area contributed by atoms with Crippen molar-refractivity contribution < 1.29 is 19.0 Å². The first-order valence-electron chi connectivity index (χ1n) is 4.86. The van der Waals surface area contributed by atoms with E-state index in [0.29, 0.717) is 6.26 Å². The minimum atomic E-state index is -0.796. The van der Waals surface area contributed by atoms with Crippen LogP contribution in [0.1, 0.15) is 6.92 Å². The molecule has 0 atom stereocenters. The SMILES string of the molecule is CCOC(=O)/C(=C/O)N=Nc1cccc(F)c1. The first kappa shape index (κ1) is 12.8. The molecule has 6 heteroatoms. The molecule has 0 amide bonds. The molecule has 1 aromatic carbocycles. The molecule has 5 nitrogen and oxygen atoms in total. The van der Waals surface area contributed by atoms with E-state index in [-0.39, 0.29) is 18.0 Å². The van der Waals surface area contributed by atoms with Crippen LogP contribution in [0.2, 0.25) is 0 Å². The van der Waals surface area contributed by atoms with Crippen molar-refractivity contribution in [1.82, 2.24) is 0 Å². The zero-order chi connectivity index (χ0) is 12.7. The predicted octanol–water partition coefficient (Wildman–Crippen LogP) is 2.87. The maximum absolute atomic E-state index is 12.8. The number of hydrogen-bond acceptors (Lipinski definition) is 5. The number of hydrogen-bond donors (Lipinski definition) is 1. The Hall–Kier alpha value is -2.24. The number of nitrogens with zero attached hydrogens (tertiary/aromatic N) is 2. The van der Waals surface area contributed by atoms with Crippen molar-refractivity contribution in [3.8, 4) is 0 Å². The predicted molar refractivity (Wildman–Crippen MR) is 58.3 cm³/mol. The highest BCUT2D eigenvalue weighted by atomic mass is 19.1. The Morgan fingerprint density at radius 2 is 2.35 bits per heavy atom. The number of aliphatic hydroxyl groups excluding tert-OH is 1. The number of carbonyl (C=O) groups is 1. The summed E-state index contributed by atoms with van der Waals surface area (Å²) in [4.78, 5) is 11.2. The van der Waals surface area contributed by atoms with Gasteiger partial charge in [0.1, 0.15) is 12.1 Å². The first-order chi connectivity index (χ1) is 8.17. The van der Waals surface area contributed by atoms with Crippen LogP contribution in [0.4, 0.5) is 10.1 Å². The fourth-order valence-corrected chi connectivity index (χ4v) is 0.974. The third-order valence-corrected chi connectivity index (χ3v) is 1.69. The van der Waals surface area contributed by atoms with Crippen LogP contribution in [-0.2, 0) is 9.53 Å². The number of carbonyl (C=O) groups excluding carboxylic acids is 1. The average molecular weight is 238 g/mol. The lowest BCUT2D eigenvalue weighted by molar-refractivity contribution is -0.138. The second-order valence-corrected chi connectivity index (χ2v) is 2.91. The van der Waals surface area contributed by atoms with Gasteiger partial charge in [-0.2, -0.15) is 5.11 Å². The van der Waals surface area contributed by atoms with Gasteiger partial charge in [-0.05, 0) is 19.1 Å². The van der Waals surface area contributed by atoms with Crippen molar-refractivity contribution in [3.05, 3.63) is 42.0 Å². The van der Waals surface area contributed by atoms with Gasteiger partial charge in [0.15, 0.2) is 0 Å².